The molecule has 7 nitrogen and oxygen atoms in total. The molecule has 1 amide bonds. The van der Waals surface area contributed by atoms with Crippen molar-refractivity contribution in [2.75, 3.05) is 13.1 Å². The van der Waals surface area contributed by atoms with Gasteiger partial charge in [-0.3, -0.25) is 14.9 Å². The second-order valence-electron chi connectivity index (χ2n) is 5.34. The van der Waals surface area contributed by atoms with Gasteiger partial charge in [-0.2, -0.15) is 0 Å². The number of thiophene rings is 1. The molecular weight excluding hydrogens is 327 g/mol. The first-order valence-electron chi connectivity index (χ1n) is 6.70. The number of benzene rings is 1. The van der Waals surface area contributed by atoms with Crippen LogP contribution in [-0.4, -0.2) is 45.6 Å². The number of halogens is 1. The van der Waals surface area contributed by atoms with Crippen LogP contribution >= 0.6 is 11.3 Å². The molecule has 2 aromatic rings. The lowest BCUT2D eigenvalue weighted by atomic mass is 10.1. The largest absolute Gasteiger partial charge is 0.479 e. The number of carbonyl (C=O) groups is 2. The molecule has 0 radical (unpaired) electrons. The zero-order chi connectivity index (χ0) is 16.8. The van der Waals surface area contributed by atoms with Crippen LogP contribution in [0.2, 0.25) is 0 Å². The van der Waals surface area contributed by atoms with Gasteiger partial charge in [-0.15, -0.1) is 11.3 Å². The number of nitro benzene ring substituents is 1. The fourth-order valence-electron chi connectivity index (χ4n) is 2.53. The maximum absolute atomic E-state index is 14.0. The molecule has 3 rings (SSSR count). The van der Waals surface area contributed by atoms with E-state index in [0.717, 1.165) is 16.2 Å². The third kappa shape index (κ3) is 2.63. The molecule has 9 heteroatoms. The Kier molecular flexibility index (Phi) is 3.52. The van der Waals surface area contributed by atoms with E-state index < -0.39 is 29.0 Å². The summed E-state index contributed by atoms with van der Waals surface area (Å²) in [5.74, 6) is -2.03. The molecule has 2 heterocycles. The van der Waals surface area contributed by atoms with Crippen LogP contribution in [0.1, 0.15) is 16.1 Å². The Bertz CT molecular complexity index is 836. The number of likely N-dealkylation sites (tertiary alicyclic amines) is 1. The molecular formula is C14H11FN2O5S. The van der Waals surface area contributed by atoms with E-state index in [1.807, 2.05) is 0 Å². The number of amides is 1. The molecule has 0 spiro atoms. The van der Waals surface area contributed by atoms with Crippen molar-refractivity contribution in [2.45, 2.75) is 12.1 Å². The minimum absolute atomic E-state index is 0.0238. The van der Waals surface area contributed by atoms with Crippen LogP contribution in [0.4, 0.5) is 10.1 Å². The summed E-state index contributed by atoms with van der Waals surface area (Å²) in [6, 6.07) is 5.77. The number of non-ortho nitro benzene ring substituents is 1. The highest BCUT2D eigenvalue weighted by atomic mass is 32.1. The third-order valence-corrected chi connectivity index (χ3v) is 4.92. The molecule has 1 aromatic carbocycles. The highest BCUT2D eigenvalue weighted by Crippen LogP contribution is 2.32. The zero-order valence-corrected chi connectivity index (χ0v) is 12.5. The van der Waals surface area contributed by atoms with Crippen LogP contribution in [0, 0.1) is 10.1 Å². The number of hydrogen-bond acceptors (Lipinski definition) is 5. The van der Waals surface area contributed by atoms with E-state index in [1.165, 1.54) is 18.2 Å². The van der Waals surface area contributed by atoms with Crippen LogP contribution in [0.3, 0.4) is 0 Å². The van der Waals surface area contributed by atoms with Crippen molar-refractivity contribution in [3.8, 4) is 0 Å². The van der Waals surface area contributed by atoms with Gasteiger partial charge in [0.15, 0.2) is 0 Å². The van der Waals surface area contributed by atoms with Crippen LogP contribution in [0.15, 0.2) is 24.3 Å². The number of alkyl halides is 1. The molecule has 1 saturated heterocycles. The van der Waals surface area contributed by atoms with E-state index in [2.05, 4.69) is 0 Å². The molecule has 1 fully saturated rings. The van der Waals surface area contributed by atoms with Crippen LogP contribution in [0.25, 0.3) is 10.1 Å². The Morgan fingerprint density at radius 1 is 1.39 bits per heavy atom. The van der Waals surface area contributed by atoms with Gasteiger partial charge in [0.05, 0.1) is 16.3 Å². The Hall–Kier alpha value is -2.55. The highest BCUT2D eigenvalue weighted by Gasteiger charge is 2.47. The first-order valence-corrected chi connectivity index (χ1v) is 7.51. The van der Waals surface area contributed by atoms with E-state index in [0.29, 0.717) is 15.0 Å². The number of carboxylic acid groups (broad SMARTS) is 1. The lowest BCUT2D eigenvalue weighted by molar-refractivity contribution is -0.384. The fraction of sp³-hybridized carbons (Fsp3) is 0.286. The summed E-state index contributed by atoms with van der Waals surface area (Å²) in [6.45, 7) is -0.467. The van der Waals surface area contributed by atoms with Gasteiger partial charge >= 0.3 is 5.97 Å². The number of carbonyl (C=O) groups excluding carboxylic acids is 1. The van der Waals surface area contributed by atoms with Crippen molar-refractivity contribution in [3.05, 3.63) is 39.3 Å². The quantitative estimate of drug-likeness (QED) is 0.684. The van der Waals surface area contributed by atoms with Crippen molar-refractivity contribution in [1.29, 1.82) is 0 Å². The topological polar surface area (TPSA) is 101 Å². The molecule has 1 N–H and O–H groups in total. The molecule has 0 saturated carbocycles. The van der Waals surface area contributed by atoms with Crippen molar-refractivity contribution >= 4 is 39.0 Å². The van der Waals surface area contributed by atoms with E-state index in [4.69, 9.17) is 5.11 Å². The molecule has 0 bridgehead atoms. The first-order chi connectivity index (χ1) is 10.8. The maximum Gasteiger partial charge on any atom is 0.343 e. The normalized spacial score (nSPS) is 20.8. The number of rotatable bonds is 3. The van der Waals surface area contributed by atoms with Gasteiger partial charge in [0.2, 0.25) is 5.67 Å². The monoisotopic (exact) mass is 338 g/mol. The minimum Gasteiger partial charge on any atom is -0.479 e. The van der Waals surface area contributed by atoms with Gasteiger partial charge in [0, 0.05) is 35.2 Å². The van der Waals surface area contributed by atoms with E-state index in [9.17, 15) is 24.1 Å². The van der Waals surface area contributed by atoms with Crippen molar-refractivity contribution in [1.82, 2.24) is 4.90 Å². The Balaban J connectivity index is 1.87. The molecule has 0 aliphatic carbocycles. The lowest BCUT2D eigenvalue weighted by Gasteiger charge is -2.16. The van der Waals surface area contributed by atoms with Crippen molar-refractivity contribution < 1.29 is 24.0 Å². The number of hydrogen-bond donors (Lipinski definition) is 1. The molecule has 23 heavy (non-hydrogen) atoms. The Morgan fingerprint density at radius 3 is 2.74 bits per heavy atom. The van der Waals surface area contributed by atoms with Gasteiger partial charge in [-0.05, 0) is 12.1 Å². The highest BCUT2D eigenvalue weighted by molar-refractivity contribution is 7.20. The van der Waals surface area contributed by atoms with Gasteiger partial charge in [0.25, 0.3) is 11.6 Å². The number of nitrogens with zero attached hydrogens (tertiary/aromatic N) is 2. The average molecular weight is 338 g/mol. The molecule has 1 unspecified atom stereocenters. The van der Waals surface area contributed by atoms with Crippen molar-refractivity contribution in [2.24, 2.45) is 0 Å². The van der Waals surface area contributed by atoms with Crippen LogP contribution in [0.5, 0.6) is 0 Å². The third-order valence-electron chi connectivity index (χ3n) is 3.81. The van der Waals surface area contributed by atoms with E-state index in [1.54, 1.807) is 6.07 Å². The Morgan fingerprint density at radius 2 is 2.13 bits per heavy atom. The zero-order valence-electron chi connectivity index (χ0n) is 11.7. The summed E-state index contributed by atoms with van der Waals surface area (Å²) in [4.78, 5) is 35.0. The summed E-state index contributed by atoms with van der Waals surface area (Å²) in [5.41, 5.74) is -2.49. The second-order valence-corrected chi connectivity index (χ2v) is 6.42. The minimum atomic E-state index is -2.41. The van der Waals surface area contributed by atoms with Gasteiger partial charge in [-0.1, -0.05) is 0 Å². The summed E-state index contributed by atoms with van der Waals surface area (Å²) in [6.07, 6.45) is -0.246. The molecule has 1 aromatic heterocycles. The number of carboxylic acids is 1. The summed E-state index contributed by atoms with van der Waals surface area (Å²) >= 11 is 1.14. The smallest absolute Gasteiger partial charge is 0.343 e. The molecule has 1 aliphatic rings. The summed E-state index contributed by atoms with van der Waals surface area (Å²) < 4.78 is 14.7. The van der Waals surface area contributed by atoms with E-state index >= 15 is 0 Å². The predicted molar refractivity (Wildman–Crippen MR) is 80.5 cm³/mol. The molecule has 1 atom stereocenters. The number of aliphatic carboxylic acids is 1. The number of fused-ring (bicyclic) bond motifs is 1. The second kappa shape index (κ2) is 5.27. The number of nitro groups is 1. The lowest BCUT2D eigenvalue weighted by Crippen LogP contribution is -2.38. The fourth-order valence-corrected chi connectivity index (χ4v) is 3.54. The van der Waals surface area contributed by atoms with Crippen LogP contribution < -0.4 is 0 Å². The van der Waals surface area contributed by atoms with Crippen molar-refractivity contribution in [3.63, 3.8) is 0 Å². The van der Waals surface area contributed by atoms with Gasteiger partial charge in [-0.25, -0.2) is 9.18 Å². The van der Waals surface area contributed by atoms with Gasteiger partial charge in [0.1, 0.15) is 0 Å². The summed E-state index contributed by atoms with van der Waals surface area (Å²) in [5, 5.41) is 20.2. The average Bonchev–Trinajstić information content (AvgIpc) is 3.10. The Labute approximate surface area is 133 Å². The summed E-state index contributed by atoms with van der Waals surface area (Å²) in [7, 11) is 0. The molecule has 1 aliphatic heterocycles. The van der Waals surface area contributed by atoms with Gasteiger partial charge < -0.3 is 10.0 Å². The standard InChI is InChI=1S/C14H11FN2O5S/c15-14(13(19)20)3-4-16(7-14)12(18)11-6-8-5-9(17(21)22)1-2-10(8)23-11/h1-2,5-6H,3-4,7H2,(H,19,20). The first kappa shape index (κ1) is 15.3. The van der Waals surface area contributed by atoms with E-state index in [-0.39, 0.29) is 18.7 Å². The predicted octanol–water partition coefficient (Wildman–Crippen LogP) is 2.45. The molecule has 120 valence electrons. The SMILES string of the molecule is O=C(c1cc2cc([N+](=O)[O-])ccc2s1)N1CCC(F)(C(=O)O)C1. The van der Waals surface area contributed by atoms with Crippen LogP contribution in [-0.2, 0) is 4.79 Å². The maximum atomic E-state index is 14.0.